The van der Waals surface area contributed by atoms with Gasteiger partial charge >= 0.3 is 0 Å². The lowest BCUT2D eigenvalue weighted by Gasteiger charge is -2.10. The zero-order valence-electron chi connectivity index (χ0n) is 14.7. The van der Waals surface area contributed by atoms with Gasteiger partial charge in [0.1, 0.15) is 0 Å². The predicted octanol–water partition coefficient (Wildman–Crippen LogP) is 4.50. The van der Waals surface area contributed by atoms with Crippen LogP contribution in [-0.2, 0) is 10.0 Å². The molecular weight excluding hydrogens is 342 g/mol. The summed E-state index contributed by atoms with van der Waals surface area (Å²) in [5, 5.41) is 0. The molecule has 3 rings (SSSR count). The molecule has 26 heavy (non-hydrogen) atoms. The molecule has 0 fully saturated rings. The van der Waals surface area contributed by atoms with E-state index in [-0.39, 0.29) is 4.90 Å². The number of nitrogens with one attached hydrogen (secondary N) is 1. The molecule has 3 aromatic rings. The minimum atomic E-state index is -3.66. The van der Waals surface area contributed by atoms with Crippen LogP contribution < -0.4 is 4.72 Å². The third-order valence-corrected chi connectivity index (χ3v) is 5.24. The fourth-order valence-electron chi connectivity index (χ4n) is 2.46. The van der Waals surface area contributed by atoms with Crippen molar-refractivity contribution in [3.63, 3.8) is 0 Å². The lowest BCUT2D eigenvalue weighted by atomic mass is 10.1. The third kappa shape index (κ3) is 4.33. The van der Waals surface area contributed by atoms with Gasteiger partial charge < -0.3 is 0 Å². The molecule has 1 N–H and O–H groups in total. The van der Waals surface area contributed by atoms with E-state index in [1.54, 1.807) is 42.5 Å². The van der Waals surface area contributed by atoms with Gasteiger partial charge in [-0.2, -0.15) is 0 Å². The number of benzene rings is 3. The number of rotatable bonds is 3. The second-order valence-electron chi connectivity index (χ2n) is 6.08. The van der Waals surface area contributed by atoms with Crippen molar-refractivity contribution in [1.82, 2.24) is 0 Å². The average molecular weight is 361 g/mol. The van der Waals surface area contributed by atoms with Gasteiger partial charge in [-0.05, 0) is 55.8 Å². The number of para-hydroxylation sites is 1. The molecule has 3 nitrogen and oxygen atoms in total. The monoisotopic (exact) mass is 361 g/mol. The Morgan fingerprint density at radius 3 is 2.23 bits per heavy atom. The van der Waals surface area contributed by atoms with Crippen LogP contribution in [0.4, 0.5) is 5.69 Å². The third-order valence-electron chi connectivity index (χ3n) is 3.86. The van der Waals surface area contributed by atoms with E-state index in [4.69, 9.17) is 0 Å². The van der Waals surface area contributed by atoms with Crippen molar-refractivity contribution < 1.29 is 8.42 Å². The first-order chi connectivity index (χ1) is 12.4. The highest BCUT2D eigenvalue weighted by molar-refractivity contribution is 7.92. The molecule has 0 radical (unpaired) electrons. The molecule has 0 amide bonds. The molecule has 0 saturated heterocycles. The standard InChI is InChI=1S/C22H19NO2S/c1-17-10-14-21(15-11-17)26(24,25)23-22-9-4-3-8-20(22)13-12-19-7-5-6-18(2)16-19/h3-11,14-16,23H,1-2H3. The summed E-state index contributed by atoms with van der Waals surface area (Å²) in [6, 6.07) is 21.8. The molecule has 0 aliphatic rings. The summed E-state index contributed by atoms with van der Waals surface area (Å²) in [4.78, 5) is 0.226. The van der Waals surface area contributed by atoms with Crippen LogP contribution in [0.5, 0.6) is 0 Å². The Labute approximate surface area is 154 Å². The molecule has 0 saturated carbocycles. The van der Waals surface area contributed by atoms with E-state index in [2.05, 4.69) is 16.6 Å². The van der Waals surface area contributed by atoms with Gasteiger partial charge in [0.15, 0.2) is 0 Å². The van der Waals surface area contributed by atoms with E-state index in [1.165, 1.54) is 0 Å². The van der Waals surface area contributed by atoms with Crippen molar-refractivity contribution in [1.29, 1.82) is 0 Å². The van der Waals surface area contributed by atoms with Crippen molar-refractivity contribution in [2.45, 2.75) is 18.7 Å². The summed E-state index contributed by atoms with van der Waals surface area (Å²) < 4.78 is 27.9. The summed E-state index contributed by atoms with van der Waals surface area (Å²) in [5.74, 6) is 6.15. The first-order valence-corrected chi connectivity index (χ1v) is 9.69. The fourth-order valence-corrected chi connectivity index (χ4v) is 3.54. The topological polar surface area (TPSA) is 46.2 Å². The molecule has 0 aliphatic carbocycles. The number of hydrogen-bond acceptors (Lipinski definition) is 2. The number of hydrogen-bond donors (Lipinski definition) is 1. The van der Waals surface area contributed by atoms with Crippen LogP contribution in [0.1, 0.15) is 22.3 Å². The maximum Gasteiger partial charge on any atom is 0.261 e. The Morgan fingerprint density at radius 2 is 1.50 bits per heavy atom. The number of sulfonamides is 1. The lowest BCUT2D eigenvalue weighted by molar-refractivity contribution is 0.601. The van der Waals surface area contributed by atoms with Crippen LogP contribution >= 0.6 is 0 Å². The van der Waals surface area contributed by atoms with Gasteiger partial charge in [0.2, 0.25) is 0 Å². The zero-order valence-corrected chi connectivity index (χ0v) is 15.5. The molecule has 0 atom stereocenters. The Bertz CT molecular complexity index is 1090. The van der Waals surface area contributed by atoms with Gasteiger partial charge in [-0.1, -0.05) is 53.8 Å². The second kappa shape index (κ2) is 7.47. The van der Waals surface area contributed by atoms with Crippen molar-refractivity contribution in [2.75, 3.05) is 4.72 Å². The molecule has 130 valence electrons. The van der Waals surface area contributed by atoms with Crippen molar-refractivity contribution in [3.05, 3.63) is 95.1 Å². The second-order valence-corrected chi connectivity index (χ2v) is 7.77. The van der Waals surface area contributed by atoms with E-state index >= 15 is 0 Å². The maximum absolute atomic E-state index is 12.6. The van der Waals surface area contributed by atoms with E-state index in [0.29, 0.717) is 11.3 Å². The molecule has 4 heteroatoms. The number of anilines is 1. The molecule has 0 aliphatic heterocycles. The largest absolute Gasteiger partial charge is 0.278 e. The van der Waals surface area contributed by atoms with E-state index in [0.717, 1.165) is 16.7 Å². The van der Waals surface area contributed by atoms with Crippen LogP contribution in [0.3, 0.4) is 0 Å². The van der Waals surface area contributed by atoms with Crippen LogP contribution in [0.25, 0.3) is 0 Å². The van der Waals surface area contributed by atoms with E-state index < -0.39 is 10.0 Å². The normalized spacial score (nSPS) is 10.7. The van der Waals surface area contributed by atoms with Crippen molar-refractivity contribution in [2.24, 2.45) is 0 Å². The Hall–Kier alpha value is -3.03. The van der Waals surface area contributed by atoms with Gasteiger partial charge in [0, 0.05) is 11.1 Å². The average Bonchev–Trinajstić information content (AvgIpc) is 2.61. The first-order valence-electron chi connectivity index (χ1n) is 8.21. The van der Waals surface area contributed by atoms with Gasteiger partial charge in [0.25, 0.3) is 10.0 Å². The Morgan fingerprint density at radius 1 is 0.769 bits per heavy atom. The van der Waals surface area contributed by atoms with Crippen molar-refractivity contribution >= 4 is 15.7 Å². The molecule has 0 spiro atoms. The van der Waals surface area contributed by atoms with Crippen molar-refractivity contribution in [3.8, 4) is 11.8 Å². The van der Waals surface area contributed by atoms with E-state index in [9.17, 15) is 8.42 Å². The predicted molar refractivity (Wildman–Crippen MR) is 106 cm³/mol. The van der Waals surface area contributed by atoms with Crippen LogP contribution in [0.2, 0.25) is 0 Å². The number of aryl methyl sites for hydroxylation is 2. The van der Waals surface area contributed by atoms with Gasteiger partial charge in [-0.25, -0.2) is 8.42 Å². The molecule has 0 bridgehead atoms. The van der Waals surface area contributed by atoms with Crippen LogP contribution in [0.15, 0.2) is 77.7 Å². The molecule has 0 heterocycles. The highest BCUT2D eigenvalue weighted by Crippen LogP contribution is 2.20. The lowest BCUT2D eigenvalue weighted by Crippen LogP contribution is -2.13. The Balaban J connectivity index is 1.92. The highest BCUT2D eigenvalue weighted by atomic mass is 32.2. The fraction of sp³-hybridized carbons (Fsp3) is 0.0909. The quantitative estimate of drug-likeness (QED) is 0.698. The van der Waals surface area contributed by atoms with Crippen LogP contribution in [-0.4, -0.2) is 8.42 Å². The molecular formula is C22H19NO2S. The zero-order chi connectivity index (χ0) is 18.6. The summed E-state index contributed by atoms with van der Waals surface area (Å²) in [6.45, 7) is 3.93. The summed E-state index contributed by atoms with van der Waals surface area (Å²) in [5.41, 5.74) is 4.12. The Kier molecular flexibility index (Phi) is 5.11. The minimum Gasteiger partial charge on any atom is -0.278 e. The first kappa shape index (κ1) is 17.8. The summed E-state index contributed by atoms with van der Waals surface area (Å²) >= 11 is 0. The van der Waals surface area contributed by atoms with Gasteiger partial charge in [0.05, 0.1) is 10.6 Å². The minimum absolute atomic E-state index is 0.226. The van der Waals surface area contributed by atoms with Crippen LogP contribution in [0, 0.1) is 25.7 Å². The summed E-state index contributed by atoms with van der Waals surface area (Å²) in [6.07, 6.45) is 0. The molecule has 0 unspecified atom stereocenters. The molecule has 3 aromatic carbocycles. The maximum atomic E-state index is 12.6. The summed E-state index contributed by atoms with van der Waals surface area (Å²) in [7, 11) is -3.66. The smallest absolute Gasteiger partial charge is 0.261 e. The van der Waals surface area contributed by atoms with E-state index in [1.807, 2.05) is 44.2 Å². The SMILES string of the molecule is Cc1ccc(S(=O)(=O)Nc2ccccc2C#Cc2cccc(C)c2)cc1. The van der Waals surface area contributed by atoms with Gasteiger partial charge in [-0.15, -0.1) is 0 Å². The highest BCUT2D eigenvalue weighted by Gasteiger charge is 2.15. The molecule has 0 aromatic heterocycles. The van der Waals surface area contributed by atoms with Gasteiger partial charge in [-0.3, -0.25) is 4.72 Å².